The van der Waals surface area contributed by atoms with Crippen LogP contribution in [0.4, 0.5) is 0 Å². The summed E-state index contributed by atoms with van der Waals surface area (Å²) in [6.07, 6.45) is 6.04. The fourth-order valence-corrected chi connectivity index (χ4v) is 3.89. The zero-order valence-corrected chi connectivity index (χ0v) is 20.1. The molecule has 180 valence electrons. The lowest BCUT2D eigenvalue weighted by atomic mass is 9.99. The van der Waals surface area contributed by atoms with Crippen molar-refractivity contribution < 1.29 is 14.4 Å². The van der Waals surface area contributed by atoms with Gasteiger partial charge in [-0.05, 0) is 47.4 Å². The van der Waals surface area contributed by atoms with E-state index < -0.39 is 0 Å². The number of benzene rings is 3. The molecule has 2 amide bonds. The number of amides is 2. The van der Waals surface area contributed by atoms with Crippen molar-refractivity contribution in [3.8, 4) is 0 Å². The summed E-state index contributed by atoms with van der Waals surface area (Å²) in [6, 6.07) is 21.4. The predicted molar refractivity (Wildman–Crippen MR) is 140 cm³/mol. The summed E-state index contributed by atoms with van der Waals surface area (Å²) in [6.45, 7) is 4.49. The van der Waals surface area contributed by atoms with Gasteiger partial charge in [0.1, 0.15) is 6.29 Å². The maximum Gasteiger partial charge on any atom is 0.267 e. The molecule has 0 fully saturated rings. The maximum atomic E-state index is 13.2. The Labute approximate surface area is 206 Å². The molecule has 0 bridgehead atoms. The van der Waals surface area contributed by atoms with Gasteiger partial charge in [0.2, 0.25) is 0 Å². The fraction of sp³-hybridized carbons (Fsp3) is 0.207. The summed E-state index contributed by atoms with van der Waals surface area (Å²) in [5.74, 6) is -0.443. The second-order valence-electron chi connectivity index (χ2n) is 8.07. The van der Waals surface area contributed by atoms with Crippen molar-refractivity contribution in [1.82, 2.24) is 16.0 Å². The molecular weight excluding hydrogens is 438 g/mol. The lowest BCUT2D eigenvalue weighted by Gasteiger charge is -2.18. The first-order valence-corrected chi connectivity index (χ1v) is 11.7. The van der Waals surface area contributed by atoms with Crippen LogP contribution in [-0.2, 0) is 16.1 Å². The number of aldehydes is 1. The van der Waals surface area contributed by atoms with Crippen molar-refractivity contribution in [2.75, 3.05) is 6.54 Å². The Bertz CT molecular complexity index is 1240. The Kier molecular flexibility index (Phi) is 9.37. The fourth-order valence-electron chi connectivity index (χ4n) is 3.89. The van der Waals surface area contributed by atoms with Crippen LogP contribution in [0.15, 0.2) is 90.7 Å². The Balaban J connectivity index is 1.71. The third-order valence-electron chi connectivity index (χ3n) is 5.62. The second kappa shape index (κ2) is 12.9. The minimum absolute atomic E-state index is 0.174. The zero-order valence-electron chi connectivity index (χ0n) is 20.1. The Hall–Kier alpha value is -4.19. The molecular formula is C29H31N3O3. The SMILES string of the molecule is CC/C=C(/NCc1ccccc1C(=O)NC(C)c1cccc2ccccc12)C(=O)NC/C=C/C=O. The van der Waals surface area contributed by atoms with Gasteiger partial charge >= 0.3 is 0 Å². The lowest BCUT2D eigenvalue weighted by molar-refractivity contribution is -0.117. The Morgan fingerprint density at radius 3 is 2.49 bits per heavy atom. The Morgan fingerprint density at radius 2 is 1.69 bits per heavy atom. The van der Waals surface area contributed by atoms with Crippen molar-refractivity contribution in [3.63, 3.8) is 0 Å². The van der Waals surface area contributed by atoms with E-state index in [1.165, 1.54) is 6.08 Å². The molecule has 3 N–H and O–H groups in total. The highest BCUT2D eigenvalue weighted by Gasteiger charge is 2.17. The molecule has 3 aromatic carbocycles. The number of allylic oxidation sites excluding steroid dienone is 2. The van der Waals surface area contributed by atoms with Crippen molar-refractivity contribution in [2.45, 2.75) is 32.9 Å². The molecule has 0 aliphatic rings. The molecule has 3 aromatic rings. The van der Waals surface area contributed by atoms with Crippen LogP contribution in [0.2, 0.25) is 0 Å². The summed E-state index contributed by atoms with van der Waals surface area (Å²) in [4.78, 5) is 36.1. The Morgan fingerprint density at radius 1 is 0.943 bits per heavy atom. The monoisotopic (exact) mass is 469 g/mol. The van der Waals surface area contributed by atoms with Crippen LogP contribution in [0.1, 0.15) is 47.8 Å². The molecule has 1 atom stereocenters. The van der Waals surface area contributed by atoms with Crippen LogP contribution in [0.5, 0.6) is 0 Å². The van der Waals surface area contributed by atoms with Gasteiger partial charge in [0.25, 0.3) is 11.8 Å². The third-order valence-corrected chi connectivity index (χ3v) is 5.62. The van der Waals surface area contributed by atoms with E-state index in [4.69, 9.17) is 0 Å². The first-order valence-electron chi connectivity index (χ1n) is 11.7. The third kappa shape index (κ3) is 6.90. The van der Waals surface area contributed by atoms with Crippen molar-refractivity contribution in [3.05, 3.63) is 107 Å². The van der Waals surface area contributed by atoms with Gasteiger partial charge in [0.15, 0.2) is 0 Å². The van der Waals surface area contributed by atoms with Gasteiger partial charge in [-0.15, -0.1) is 0 Å². The molecule has 1 unspecified atom stereocenters. The van der Waals surface area contributed by atoms with E-state index in [-0.39, 0.29) is 24.4 Å². The first-order chi connectivity index (χ1) is 17.0. The van der Waals surface area contributed by atoms with E-state index in [0.29, 0.717) is 30.5 Å². The molecule has 0 saturated heterocycles. The van der Waals surface area contributed by atoms with Crippen LogP contribution in [0.25, 0.3) is 10.8 Å². The van der Waals surface area contributed by atoms with E-state index >= 15 is 0 Å². The number of hydrogen-bond donors (Lipinski definition) is 3. The maximum absolute atomic E-state index is 13.2. The summed E-state index contributed by atoms with van der Waals surface area (Å²) >= 11 is 0. The van der Waals surface area contributed by atoms with Gasteiger partial charge in [-0.1, -0.05) is 79.7 Å². The van der Waals surface area contributed by atoms with Crippen molar-refractivity contribution >= 4 is 28.9 Å². The molecule has 0 spiro atoms. The van der Waals surface area contributed by atoms with Crippen LogP contribution in [0, 0.1) is 0 Å². The minimum Gasteiger partial charge on any atom is -0.377 e. The number of carbonyl (C=O) groups excluding carboxylic acids is 3. The summed E-state index contributed by atoms with van der Waals surface area (Å²) in [7, 11) is 0. The standard InChI is InChI=1S/C29H31N3O3/c1-3-11-27(29(35)30-18-8-9-19-33)31-20-23-13-5-7-16-26(23)28(34)32-21(2)24-17-10-14-22-12-4-6-15-25(22)24/h4-17,19,21,31H,3,18,20H2,1-2H3,(H,30,35)(H,32,34)/b9-8+,27-11+. The number of hydrogen-bond acceptors (Lipinski definition) is 4. The summed E-state index contributed by atoms with van der Waals surface area (Å²) < 4.78 is 0. The molecule has 3 rings (SSSR count). The van der Waals surface area contributed by atoms with Gasteiger partial charge < -0.3 is 16.0 Å². The van der Waals surface area contributed by atoms with E-state index in [1.807, 2.05) is 56.3 Å². The van der Waals surface area contributed by atoms with E-state index in [0.717, 1.165) is 21.9 Å². The number of fused-ring (bicyclic) bond motifs is 1. The minimum atomic E-state index is -0.270. The van der Waals surface area contributed by atoms with Crippen LogP contribution >= 0.6 is 0 Å². The number of rotatable bonds is 11. The van der Waals surface area contributed by atoms with E-state index in [1.54, 1.807) is 18.2 Å². The van der Waals surface area contributed by atoms with E-state index in [2.05, 4.69) is 34.1 Å². The summed E-state index contributed by atoms with van der Waals surface area (Å²) in [5.41, 5.74) is 2.81. The lowest BCUT2D eigenvalue weighted by Crippen LogP contribution is -2.32. The number of nitrogens with one attached hydrogen (secondary N) is 3. The highest BCUT2D eigenvalue weighted by molar-refractivity contribution is 5.97. The van der Waals surface area contributed by atoms with Gasteiger partial charge in [0.05, 0.1) is 11.7 Å². The predicted octanol–water partition coefficient (Wildman–Crippen LogP) is 4.59. The molecule has 6 heteroatoms. The largest absolute Gasteiger partial charge is 0.377 e. The molecule has 0 aliphatic heterocycles. The number of carbonyl (C=O) groups is 3. The van der Waals surface area contributed by atoms with Crippen LogP contribution < -0.4 is 16.0 Å². The van der Waals surface area contributed by atoms with Crippen LogP contribution in [0.3, 0.4) is 0 Å². The molecule has 0 aliphatic carbocycles. The highest BCUT2D eigenvalue weighted by Crippen LogP contribution is 2.24. The van der Waals surface area contributed by atoms with Crippen molar-refractivity contribution in [1.29, 1.82) is 0 Å². The molecule has 35 heavy (non-hydrogen) atoms. The topological polar surface area (TPSA) is 87.3 Å². The zero-order chi connectivity index (χ0) is 25.0. The molecule has 6 nitrogen and oxygen atoms in total. The normalized spacial score (nSPS) is 12.3. The average molecular weight is 470 g/mol. The molecule has 0 aromatic heterocycles. The summed E-state index contributed by atoms with van der Waals surface area (Å²) in [5, 5.41) is 11.3. The smallest absolute Gasteiger partial charge is 0.267 e. The van der Waals surface area contributed by atoms with Gasteiger partial charge in [-0.2, -0.15) is 0 Å². The molecule has 0 saturated carbocycles. The second-order valence-corrected chi connectivity index (χ2v) is 8.07. The van der Waals surface area contributed by atoms with Gasteiger partial charge in [-0.25, -0.2) is 0 Å². The van der Waals surface area contributed by atoms with Gasteiger partial charge in [-0.3, -0.25) is 14.4 Å². The van der Waals surface area contributed by atoms with Crippen LogP contribution in [-0.4, -0.2) is 24.6 Å². The van der Waals surface area contributed by atoms with Crippen molar-refractivity contribution in [2.24, 2.45) is 0 Å². The van der Waals surface area contributed by atoms with Gasteiger partial charge in [0, 0.05) is 18.7 Å². The molecule has 0 heterocycles. The average Bonchev–Trinajstić information content (AvgIpc) is 2.88. The van der Waals surface area contributed by atoms with E-state index in [9.17, 15) is 14.4 Å². The molecule has 0 radical (unpaired) electrons. The first kappa shape index (κ1) is 25.4. The highest BCUT2D eigenvalue weighted by atomic mass is 16.2. The quantitative estimate of drug-likeness (QED) is 0.283.